The van der Waals surface area contributed by atoms with E-state index >= 15 is 0 Å². The van der Waals surface area contributed by atoms with Crippen LogP contribution in [0, 0.1) is 0 Å². The molecular weight excluding hydrogens is 190 g/mol. The molecule has 0 aliphatic rings. The second-order valence-corrected chi connectivity index (χ2v) is 2.84. The lowest BCUT2D eigenvalue weighted by Crippen LogP contribution is -2.40. The molecule has 0 aliphatic carbocycles. The number of nitrogens with one attached hydrogen (secondary N) is 1. The molecule has 1 amide bonds. The van der Waals surface area contributed by atoms with Gasteiger partial charge in [-0.15, -0.1) is 0 Å². The Labute approximate surface area is 81.2 Å². The average molecular weight is 203 g/mol. The zero-order valence-electron chi connectivity index (χ0n) is 8.23. The van der Waals surface area contributed by atoms with Crippen molar-refractivity contribution in [3.63, 3.8) is 0 Å². The molecule has 6 nitrogen and oxygen atoms in total. The topological polar surface area (TPSA) is 92.7 Å². The lowest BCUT2D eigenvalue weighted by Gasteiger charge is -2.14. The van der Waals surface area contributed by atoms with Crippen molar-refractivity contribution >= 4 is 17.8 Å². The molecule has 0 aromatic rings. The highest BCUT2D eigenvalue weighted by Crippen LogP contribution is 1.95. The molecule has 0 fully saturated rings. The molecule has 0 spiro atoms. The highest BCUT2D eigenvalue weighted by atomic mass is 16.6. The number of ether oxygens (including phenoxy) is 1. The van der Waals surface area contributed by atoms with Crippen LogP contribution in [0.3, 0.4) is 0 Å². The van der Waals surface area contributed by atoms with E-state index in [1.165, 1.54) is 20.8 Å². The first-order chi connectivity index (χ1) is 6.34. The van der Waals surface area contributed by atoms with Crippen LogP contribution in [-0.2, 0) is 19.1 Å². The lowest BCUT2D eigenvalue weighted by molar-refractivity contribution is -0.164. The summed E-state index contributed by atoms with van der Waals surface area (Å²) in [6, 6.07) is -0.839. The molecule has 0 aromatic carbocycles. The number of rotatable bonds is 4. The number of carbonyl (C=O) groups excluding carboxylic acids is 2. The van der Waals surface area contributed by atoms with Gasteiger partial charge < -0.3 is 15.2 Å². The number of hydrogen-bond donors (Lipinski definition) is 2. The Kier molecular flexibility index (Phi) is 4.62. The van der Waals surface area contributed by atoms with Gasteiger partial charge in [-0.1, -0.05) is 0 Å². The SMILES string of the molecule is CC(=O)NC(C)C(=O)OC(C)C(=O)O. The molecule has 80 valence electrons. The predicted octanol–water partition coefficient (Wildman–Crippen LogP) is -0.473. The smallest absolute Gasteiger partial charge is 0.344 e. The van der Waals surface area contributed by atoms with Gasteiger partial charge in [-0.3, -0.25) is 4.79 Å². The molecule has 0 saturated heterocycles. The van der Waals surface area contributed by atoms with Crippen LogP contribution in [0.25, 0.3) is 0 Å². The Morgan fingerprint density at radius 1 is 1.29 bits per heavy atom. The minimum Gasteiger partial charge on any atom is -0.479 e. The number of amides is 1. The molecule has 0 bridgehead atoms. The van der Waals surface area contributed by atoms with Crippen LogP contribution in [0.4, 0.5) is 0 Å². The molecular formula is C8H13NO5. The van der Waals surface area contributed by atoms with E-state index in [0.29, 0.717) is 0 Å². The highest BCUT2D eigenvalue weighted by molar-refractivity contribution is 5.84. The van der Waals surface area contributed by atoms with E-state index in [0.717, 1.165) is 0 Å². The van der Waals surface area contributed by atoms with Crippen LogP contribution in [0.2, 0.25) is 0 Å². The van der Waals surface area contributed by atoms with E-state index in [9.17, 15) is 14.4 Å². The van der Waals surface area contributed by atoms with E-state index in [2.05, 4.69) is 10.1 Å². The normalized spacial score (nSPS) is 13.9. The summed E-state index contributed by atoms with van der Waals surface area (Å²) in [6.07, 6.45) is -1.21. The number of carboxylic acid groups (broad SMARTS) is 1. The van der Waals surface area contributed by atoms with E-state index in [-0.39, 0.29) is 5.91 Å². The third-order valence-electron chi connectivity index (χ3n) is 1.41. The average Bonchev–Trinajstić information content (AvgIpc) is 2.02. The van der Waals surface area contributed by atoms with Gasteiger partial charge in [-0.2, -0.15) is 0 Å². The first kappa shape index (κ1) is 12.4. The molecule has 0 rings (SSSR count). The summed E-state index contributed by atoms with van der Waals surface area (Å²) in [6.45, 7) is 3.91. The summed E-state index contributed by atoms with van der Waals surface area (Å²) in [5.41, 5.74) is 0. The largest absolute Gasteiger partial charge is 0.479 e. The molecule has 0 saturated carbocycles. The van der Waals surface area contributed by atoms with Gasteiger partial charge in [0.05, 0.1) is 0 Å². The minimum absolute atomic E-state index is 0.377. The summed E-state index contributed by atoms with van der Waals surface area (Å²) < 4.78 is 4.52. The van der Waals surface area contributed by atoms with Crippen molar-refractivity contribution in [2.24, 2.45) is 0 Å². The van der Waals surface area contributed by atoms with Gasteiger partial charge in [0.15, 0.2) is 6.10 Å². The Balaban J connectivity index is 4.07. The number of esters is 1. The van der Waals surface area contributed by atoms with Gasteiger partial charge in [0.1, 0.15) is 6.04 Å². The Morgan fingerprint density at radius 2 is 1.79 bits per heavy atom. The summed E-state index contributed by atoms with van der Waals surface area (Å²) in [5, 5.41) is 10.7. The number of hydrogen-bond acceptors (Lipinski definition) is 4. The Morgan fingerprint density at radius 3 is 2.14 bits per heavy atom. The maximum absolute atomic E-state index is 11.1. The second-order valence-electron chi connectivity index (χ2n) is 2.84. The van der Waals surface area contributed by atoms with Crippen molar-refractivity contribution in [3.05, 3.63) is 0 Å². The fourth-order valence-electron chi connectivity index (χ4n) is 0.691. The van der Waals surface area contributed by atoms with Crippen molar-refractivity contribution in [2.45, 2.75) is 32.9 Å². The van der Waals surface area contributed by atoms with Crippen molar-refractivity contribution in [1.82, 2.24) is 5.32 Å². The van der Waals surface area contributed by atoms with Crippen molar-refractivity contribution in [3.8, 4) is 0 Å². The fourth-order valence-corrected chi connectivity index (χ4v) is 0.691. The highest BCUT2D eigenvalue weighted by Gasteiger charge is 2.21. The van der Waals surface area contributed by atoms with Gasteiger partial charge in [-0.05, 0) is 13.8 Å². The number of carbonyl (C=O) groups is 3. The van der Waals surface area contributed by atoms with Gasteiger partial charge in [0.25, 0.3) is 0 Å². The van der Waals surface area contributed by atoms with Gasteiger partial charge in [0, 0.05) is 6.92 Å². The third kappa shape index (κ3) is 4.44. The van der Waals surface area contributed by atoms with Crippen LogP contribution in [0.15, 0.2) is 0 Å². The van der Waals surface area contributed by atoms with Crippen LogP contribution in [-0.4, -0.2) is 35.1 Å². The lowest BCUT2D eigenvalue weighted by atomic mass is 10.3. The summed E-state index contributed by atoms with van der Waals surface area (Å²) in [5.74, 6) is -2.37. The number of aliphatic carboxylic acids is 1. The zero-order valence-corrected chi connectivity index (χ0v) is 8.23. The number of carboxylic acids is 1. The maximum atomic E-state index is 11.1. The van der Waals surface area contributed by atoms with Gasteiger partial charge >= 0.3 is 11.9 Å². The summed E-state index contributed by atoms with van der Waals surface area (Å²) in [4.78, 5) is 32.0. The van der Waals surface area contributed by atoms with Gasteiger partial charge in [-0.25, -0.2) is 9.59 Å². The van der Waals surface area contributed by atoms with Crippen molar-refractivity contribution in [1.29, 1.82) is 0 Å². The molecule has 6 heteroatoms. The maximum Gasteiger partial charge on any atom is 0.344 e. The van der Waals surface area contributed by atoms with Crippen molar-refractivity contribution in [2.75, 3.05) is 0 Å². The molecule has 14 heavy (non-hydrogen) atoms. The third-order valence-corrected chi connectivity index (χ3v) is 1.41. The van der Waals surface area contributed by atoms with Crippen LogP contribution in [0.5, 0.6) is 0 Å². The quantitative estimate of drug-likeness (QED) is 0.602. The fraction of sp³-hybridized carbons (Fsp3) is 0.625. The summed E-state index contributed by atoms with van der Waals surface area (Å²) >= 11 is 0. The molecule has 2 unspecified atom stereocenters. The van der Waals surface area contributed by atoms with Crippen LogP contribution < -0.4 is 5.32 Å². The molecule has 0 heterocycles. The molecule has 0 radical (unpaired) electrons. The predicted molar refractivity (Wildman–Crippen MR) is 46.5 cm³/mol. The molecule has 0 aromatic heterocycles. The molecule has 0 aliphatic heterocycles. The molecule has 2 N–H and O–H groups in total. The van der Waals surface area contributed by atoms with Gasteiger partial charge in [0.2, 0.25) is 5.91 Å². The van der Waals surface area contributed by atoms with Crippen LogP contribution >= 0.6 is 0 Å². The standard InChI is InChI=1S/C8H13NO5/c1-4(9-6(3)10)8(13)14-5(2)7(11)12/h4-5H,1-3H3,(H,9,10)(H,11,12). The Bertz CT molecular complexity index is 250. The first-order valence-corrected chi connectivity index (χ1v) is 4.05. The first-order valence-electron chi connectivity index (χ1n) is 4.05. The van der Waals surface area contributed by atoms with E-state index in [1.807, 2.05) is 0 Å². The monoisotopic (exact) mass is 203 g/mol. The van der Waals surface area contributed by atoms with Crippen molar-refractivity contribution < 1.29 is 24.2 Å². The Hall–Kier alpha value is -1.59. The van der Waals surface area contributed by atoms with E-state index in [4.69, 9.17) is 5.11 Å². The van der Waals surface area contributed by atoms with E-state index < -0.39 is 24.1 Å². The molecule has 2 atom stereocenters. The van der Waals surface area contributed by atoms with Crippen LogP contribution in [0.1, 0.15) is 20.8 Å². The zero-order chi connectivity index (χ0) is 11.3. The summed E-state index contributed by atoms with van der Waals surface area (Å²) in [7, 11) is 0. The minimum atomic E-state index is -1.23. The van der Waals surface area contributed by atoms with E-state index in [1.54, 1.807) is 0 Å². The second kappa shape index (κ2) is 5.21.